The number of aromatic nitrogens is 3. The molecule has 7 nitrogen and oxygen atoms in total. The quantitative estimate of drug-likeness (QED) is 0.670. The van der Waals surface area contributed by atoms with Crippen LogP contribution in [0.3, 0.4) is 0 Å². The third-order valence-electron chi connectivity index (χ3n) is 4.53. The summed E-state index contributed by atoms with van der Waals surface area (Å²) in [5, 5.41) is 7.43. The van der Waals surface area contributed by atoms with Gasteiger partial charge in [-0.15, -0.1) is 0 Å². The predicted octanol–water partition coefficient (Wildman–Crippen LogP) is 4.20. The van der Waals surface area contributed by atoms with E-state index in [2.05, 4.69) is 15.4 Å². The normalized spacial score (nSPS) is 15.9. The number of hydrogen-bond acceptors (Lipinski definition) is 4. The fourth-order valence-electron chi connectivity index (χ4n) is 3.18. The molecule has 148 valence electrons. The lowest BCUT2D eigenvalue weighted by Gasteiger charge is -2.32. The zero-order valence-corrected chi connectivity index (χ0v) is 16.6. The van der Waals surface area contributed by atoms with Crippen LogP contribution in [0.5, 0.6) is 0 Å². The van der Waals surface area contributed by atoms with Crippen LogP contribution < -0.4 is 10.2 Å². The summed E-state index contributed by atoms with van der Waals surface area (Å²) in [7, 11) is 0. The number of benzene rings is 1. The third kappa shape index (κ3) is 3.56. The lowest BCUT2D eigenvalue weighted by atomic mass is 10.1. The van der Waals surface area contributed by atoms with Crippen LogP contribution in [-0.2, 0) is 0 Å². The van der Waals surface area contributed by atoms with Gasteiger partial charge >= 0.3 is 0 Å². The minimum atomic E-state index is -0.588. The van der Waals surface area contributed by atoms with Crippen molar-refractivity contribution < 1.29 is 14.0 Å². The minimum absolute atomic E-state index is 0.0795. The van der Waals surface area contributed by atoms with E-state index in [4.69, 9.17) is 23.2 Å². The van der Waals surface area contributed by atoms with Crippen molar-refractivity contribution in [1.29, 1.82) is 0 Å². The van der Waals surface area contributed by atoms with Gasteiger partial charge in [-0.05, 0) is 25.1 Å². The Labute approximate surface area is 175 Å². The molecule has 3 heterocycles. The van der Waals surface area contributed by atoms with Gasteiger partial charge in [-0.2, -0.15) is 5.10 Å². The molecule has 0 bridgehead atoms. The van der Waals surface area contributed by atoms with Gasteiger partial charge in [-0.25, -0.2) is 4.39 Å². The molecule has 0 aliphatic carbocycles. The second kappa shape index (κ2) is 7.46. The molecule has 4 rings (SSSR count). The molecule has 3 aromatic rings. The average molecular weight is 434 g/mol. The highest BCUT2D eigenvalue weighted by Gasteiger charge is 2.35. The number of anilines is 2. The molecule has 1 aliphatic heterocycles. The van der Waals surface area contributed by atoms with Crippen LogP contribution in [0.15, 0.2) is 42.9 Å². The van der Waals surface area contributed by atoms with Crippen molar-refractivity contribution in [3.63, 3.8) is 0 Å². The molecule has 0 saturated carbocycles. The molecule has 29 heavy (non-hydrogen) atoms. The molecular weight excluding hydrogens is 420 g/mol. The second-order valence-electron chi connectivity index (χ2n) is 6.56. The number of pyridine rings is 1. The zero-order valence-electron chi connectivity index (χ0n) is 15.1. The average Bonchev–Trinajstić information content (AvgIpc) is 3.13. The van der Waals surface area contributed by atoms with E-state index in [0.29, 0.717) is 22.3 Å². The van der Waals surface area contributed by atoms with E-state index in [9.17, 15) is 14.0 Å². The summed E-state index contributed by atoms with van der Waals surface area (Å²) in [5.41, 5.74) is 0.949. The molecule has 1 N–H and O–H groups in total. The highest BCUT2D eigenvalue weighted by Crippen LogP contribution is 2.32. The molecule has 0 radical (unpaired) electrons. The zero-order chi connectivity index (χ0) is 20.7. The van der Waals surface area contributed by atoms with Gasteiger partial charge in [0.2, 0.25) is 0 Å². The van der Waals surface area contributed by atoms with E-state index in [1.165, 1.54) is 22.0 Å². The fourth-order valence-corrected chi connectivity index (χ4v) is 3.47. The Morgan fingerprint density at radius 1 is 1.21 bits per heavy atom. The number of halogens is 3. The molecule has 0 spiro atoms. The van der Waals surface area contributed by atoms with Crippen LogP contribution in [-0.4, -0.2) is 33.1 Å². The van der Waals surface area contributed by atoms with Crippen LogP contribution in [0.1, 0.15) is 33.8 Å². The van der Waals surface area contributed by atoms with E-state index in [0.717, 1.165) is 12.3 Å². The van der Waals surface area contributed by atoms with Gasteiger partial charge < -0.3 is 10.2 Å². The first-order valence-electron chi connectivity index (χ1n) is 8.61. The summed E-state index contributed by atoms with van der Waals surface area (Å²) >= 11 is 12.1. The number of hydrogen-bond donors (Lipinski definition) is 1. The van der Waals surface area contributed by atoms with E-state index >= 15 is 0 Å². The Morgan fingerprint density at radius 3 is 2.72 bits per heavy atom. The first-order valence-corrected chi connectivity index (χ1v) is 9.37. The number of carbonyl (C=O) groups is 2. The summed E-state index contributed by atoms with van der Waals surface area (Å²) in [5.74, 6) is -1.58. The SMILES string of the molecule is C[C@H]1CN(c2ccc(Cl)c(Cl)c2)C(=O)c2c(C(=O)Nc3cncc(F)c3)cnn21. The summed E-state index contributed by atoms with van der Waals surface area (Å²) in [6, 6.07) is 5.83. The van der Waals surface area contributed by atoms with E-state index in [-0.39, 0.29) is 23.0 Å². The van der Waals surface area contributed by atoms with Gasteiger partial charge in [-0.1, -0.05) is 23.2 Å². The molecule has 0 saturated heterocycles. The van der Waals surface area contributed by atoms with Crippen molar-refractivity contribution in [2.24, 2.45) is 0 Å². The first-order chi connectivity index (χ1) is 13.8. The topological polar surface area (TPSA) is 80.1 Å². The van der Waals surface area contributed by atoms with Crippen LogP contribution in [0.25, 0.3) is 0 Å². The maximum absolute atomic E-state index is 13.3. The van der Waals surface area contributed by atoms with Crippen molar-refractivity contribution in [2.75, 3.05) is 16.8 Å². The fraction of sp³-hybridized carbons (Fsp3) is 0.158. The number of nitrogens with one attached hydrogen (secondary N) is 1. The molecule has 0 unspecified atom stereocenters. The lowest BCUT2D eigenvalue weighted by Crippen LogP contribution is -2.43. The number of nitrogens with zero attached hydrogens (tertiary/aromatic N) is 4. The molecule has 10 heteroatoms. The summed E-state index contributed by atoms with van der Waals surface area (Å²) in [4.78, 5) is 31.1. The van der Waals surface area contributed by atoms with E-state index in [1.807, 2.05) is 6.92 Å². The molecule has 0 fully saturated rings. The van der Waals surface area contributed by atoms with Crippen molar-refractivity contribution in [3.05, 3.63) is 70.0 Å². The van der Waals surface area contributed by atoms with Crippen molar-refractivity contribution in [1.82, 2.24) is 14.8 Å². The number of amides is 2. The Kier molecular flexibility index (Phi) is 4.97. The van der Waals surface area contributed by atoms with Gasteiger partial charge in [0, 0.05) is 18.3 Å². The van der Waals surface area contributed by atoms with Gasteiger partial charge in [0.15, 0.2) is 0 Å². The third-order valence-corrected chi connectivity index (χ3v) is 5.27. The standard InChI is InChI=1S/C19H14Cl2FN5O2/c1-10-9-26(13-2-3-15(20)16(21)5-13)19(29)17-14(8-24-27(10)17)18(28)25-12-4-11(22)6-23-7-12/h2-8,10H,9H2,1H3,(H,25,28)/t10-/m0/s1. The highest BCUT2D eigenvalue weighted by molar-refractivity contribution is 6.42. The summed E-state index contributed by atoms with van der Waals surface area (Å²) in [6.45, 7) is 2.23. The Bertz CT molecular complexity index is 1130. The van der Waals surface area contributed by atoms with Crippen LogP contribution in [0, 0.1) is 5.82 Å². The van der Waals surface area contributed by atoms with Crippen molar-refractivity contribution in [2.45, 2.75) is 13.0 Å². The number of rotatable bonds is 3. The van der Waals surface area contributed by atoms with Crippen molar-refractivity contribution >= 4 is 46.4 Å². The lowest BCUT2D eigenvalue weighted by molar-refractivity contribution is 0.0939. The van der Waals surface area contributed by atoms with Crippen LogP contribution in [0.2, 0.25) is 10.0 Å². The van der Waals surface area contributed by atoms with E-state index < -0.39 is 17.6 Å². The Hall–Kier alpha value is -2.97. The molecule has 2 aromatic heterocycles. The largest absolute Gasteiger partial charge is 0.320 e. The molecule has 2 amide bonds. The van der Waals surface area contributed by atoms with E-state index in [1.54, 1.807) is 18.2 Å². The predicted molar refractivity (Wildman–Crippen MR) is 107 cm³/mol. The maximum atomic E-state index is 13.3. The maximum Gasteiger partial charge on any atom is 0.277 e. The molecule has 1 atom stereocenters. The molecular formula is C19H14Cl2FN5O2. The smallest absolute Gasteiger partial charge is 0.277 e. The van der Waals surface area contributed by atoms with Gasteiger partial charge in [0.25, 0.3) is 11.8 Å². The summed E-state index contributed by atoms with van der Waals surface area (Å²) < 4.78 is 14.8. The van der Waals surface area contributed by atoms with Gasteiger partial charge in [-0.3, -0.25) is 19.3 Å². The van der Waals surface area contributed by atoms with Gasteiger partial charge in [0.05, 0.1) is 45.9 Å². The molecule has 1 aliphatic rings. The highest BCUT2D eigenvalue weighted by atomic mass is 35.5. The first kappa shape index (κ1) is 19.4. The number of carbonyl (C=O) groups excluding carboxylic acids is 2. The van der Waals surface area contributed by atoms with Crippen LogP contribution in [0.4, 0.5) is 15.8 Å². The second-order valence-corrected chi connectivity index (χ2v) is 7.37. The Balaban J connectivity index is 1.69. The van der Waals surface area contributed by atoms with Gasteiger partial charge in [0.1, 0.15) is 11.5 Å². The minimum Gasteiger partial charge on any atom is -0.320 e. The van der Waals surface area contributed by atoms with Crippen LogP contribution >= 0.6 is 23.2 Å². The monoisotopic (exact) mass is 433 g/mol. The Morgan fingerprint density at radius 2 is 2.00 bits per heavy atom. The summed E-state index contributed by atoms with van der Waals surface area (Å²) in [6.07, 6.45) is 3.66. The molecule has 1 aromatic carbocycles. The van der Waals surface area contributed by atoms with Crippen molar-refractivity contribution in [3.8, 4) is 0 Å². The number of fused-ring (bicyclic) bond motifs is 1.